The van der Waals surface area contributed by atoms with Crippen LogP contribution in [0.1, 0.15) is 30.2 Å². The lowest BCUT2D eigenvalue weighted by atomic mass is 9.89. The van der Waals surface area contributed by atoms with Crippen LogP contribution < -0.4 is 5.73 Å². The first-order valence-corrected chi connectivity index (χ1v) is 7.08. The van der Waals surface area contributed by atoms with Gasteiger partial charge in [0, 0.05) is 5.56 Å². The fourth-order valence-corrected chi connectivity index (χ4v) is 2.70. The highest BCUT2D eigenvalue weighted by Gasteiger charge is 2.18. The van der Waals surface area contributed by atoms with Crippen molar-refractivity contribution in [1.82, 2.24) is 15.0 Å². The number of aromatic nitrogens is 2. The van der Waals surface area contributed by atoms with Crippen molar-refractivity contribution in [2.45, 2.75) is 25.3 Å². The van der Waals surface area contributed by atoms with Crippen LogP contribution in [-0.2, 0) is 6.54 Å². The van der Waals surface area contributed by atoms with Crippen LogP contribution in [0.4, 0.5) is 0 Å². The average Bonchev–Trinajstić information content (AvgIpc) is 2.97. The average molecular weight is 272 g/mol. The Morgan fingerprint density at radius 1 is 1.25 bits per heavy atom. The van der Waals surface area contributed by atoms with E-state index in [1.165, 1.54) is 31.5 Å². The van der Waals surface area contributed by atoms with Gasteiger partial charge < -0.3 is 15.2 Å². The van der Waals surface area contributed by atoms with E-state index in [0.717, 1.165) is 5.56 Å². The summed E-state index contributed by atoms with van der Waals surface area (Å²) in [6.45, 7) is 2.63. The molecule has 2 aromatic rings. The quantitative estimate of drug-likeness (QED) is 0.925. The van der Waals surface area contributed by atoms with Gasteiger partial charge in [-0.15, -0.1) is 0 Å². The van der Waals surface area contributed by atoms with Gasteiger partial charge in [-0.25, -0.2) is 0 Å². The number of nitrogens with zero attached hydrogens (tertiary/aromatic N) is 3. The van der Waals surface area contributed by atoms with Crippen molar-refractivity contribution < 1.29 is 4.52 Å². The van der Waals surface area contributed by atoms with Crippen LogP contribution in [0.25, 0.3) is 11.4 Å². The molecule has 0 spiro atoms. The van der Waals surface area contributed by atoms with Crippen molar-refractivity contribution in [2.24, 2.45) is 5.73 Å². The molecule has 0 radical (unpaired) electrons. The third kappa shape index (κ3) is 2.73. The van der Waals surface area contributed by atoms with Crippen LogP contribution in [-0.4, -0.2) is 35.2 Å². The summed E-state index contributed by atoms with van der Waals surface area (Å²) in [6, 6.07) is 8.51. The number of benzene rings is 1. The minimum Gasteiger partial charge on any atom is -0.338 e. The Morgan fingerprint density at radius 3 is 2.55 bits per heavy atom. The largest absolute Gasteiger partial charge is 0.338 e. The molecule has 1 aliphatic rings. The second-order valence-corrected chi connectivity index (χ2v) is 5.42. The zero-order valence-electron chi connectivity index (χ0n) is 11.7. The molecule has 0 bridgehead atoms. The summed E-state index contributed by atoms with van der Waals surface area (Å²) in [5.41, 5.74) is 7.86. The lowest BCUT2D eigenvalue weighted by Crippen LogP contribution is -2.29. The Morgan fingerprint density at radius 2 is 1.95 bits per heavy atom. The Bertz CT molecular complexity index is 556. The third-order valence-corrected chi connectivity index (χ3v) is 4.00. The van der Waals surface area contributed by atoms with Crippen molar-refractivity contribution >= 4 is 0 Å². The van der Waals surface area contributed by atoms with Gasteiger partial charge >= 0.3 is 0 Å². The predicted octanol–water partition coefficient (Wildman–Crippen LogP) is 2.00. The van der Waals surface area contributed by atoms with E-state index in [4.69, 9.17) is 10.3 Å². The van der Waals surface area contributed by atoms with E-state index in [1.54, 1.807) is 0 Å². The van der Waals surface area contributed by atoms with Gasteiger partial charge in [-0.05, 0) is 44.5 Å². The van der Waals surface area contributed by atoms with E-state index in [1.807, 2.05) is 0 Å². The molecule has 20 heavy (non-hydrogen) atoms. The van der Waals surface area contributed by atoms with Gasteiger partial charge in [0.25, 0.3) is 0 Å². The Kier molecular flexibility index (Phi) is 3.80. The maximum absolute atomic E-state index is 5.47. The molecule has 106 valence electrons. The molecule has 0 atom stereocenters. The molecule has 1 aliphatic heterocycles. The van der Waals surface area contributed by atoms with Gasteiger partial charge in [-0.2, -0.15) is 4.98 Å². The number of piperidine rings is 1. The zero-order valence-corrected chi connectivity index (χ0v) is 11.7. The lowest BCUT2D eigenvalue weighted by Gasteiger charge is -2.29. The van der Waals surface area contributed by atoms with E-state index in [0.29, 0.717) is 17.6 Å². The summed E-state index contributed by atoms with van der Waals surface area (Å²) in [7, 11) is 2.19. The summed E-state index contributed by atoms with van der Waals surface area (Å²) in [6.07, 6.45) is 2.46. The van der Waals surface area contributed by atoms with Gasteiger partial charge in [0.15, 0.2) is 0 Å². The van der Waals surface area contributed by atoms with E-state index in [2.05, 4.69) is 46.4 Å². The minimum absolute atomic E-state index is 0.278. The van der Waals surface area contributed by atoms with Gasteiger partial charge in [0.2, 0.25) is 11.7 Å². The molecule has 0 unspecified atom stereocenters. The van der Waals surface area contributed by atoms with Gasteiger partial charge in [-0.3, -0.25) is 0 Å². The maximum Gasteiger partial charge on any atom is 0.240 e. The smallest absolute Gasteiger partial charge is 0.240 e. The van der Waals surface area contributed by atoms with Crippen molar-refractivity contribution in [3.05, 3.63) is 35.7 Å². The second kappa shape index (κ2) is 5.73. The summed E-state index contributed by atoms with van der Waals surface area (Å²) in [4.78, 5) is 6.63. The van der Waals surface area contributed by atoms with Crippen molar-refractivity contribution in [1.29, 1.82) is 0 Å². The predicted molar refractivity (Wildman–Crippen MR) is 77.1 cm³/mol. The summed E-state index contributed by atoms with van der Waals surface area (Å²) < 4.78 is 5.03. The number of hydrogen-bond donors (Lipinski definition) is 1. The summed E-state index contributed by atoms with van der Waals surface area (Å²) in [5.74, 6) is 1.75. The van der Waals surface area contributed by atoms with Crippen LogP contribution in [0.2, 0.25) is 0 Å². The monoisotopic (exact) mass is 272 g/mol. The zero-order chi connectivity index (χ0) is 13.9. The molecule has 5 heteroatoms. The van der Waals surface area contributed by atoms with Crippen LogP contribution in [0.5, 0.6) is 0 Å². The highest BCUT2D eigenvalue weighted by atomic mass is 16.5. The topological polar surface area (TPSA) is 68.2 Å². The van der Waals surface area contributed by atoms with Crippen LogP contribution in [0, 0.1) is 0 Å². The molecule has 5 nitrogen and oxygen atoms in total. The van der Waals surface area contributed by atoms with E-state index >= 15 is 0 Å². The fraction of sp³-hybridized carbons (Fsp3) is 0.467. The molecular weight excluding hydrogens is 252 g/mol. The normalized spacial score (nSPS) is 17.5. The molecule has 2 heterocycles. The van der Waals surface area contributed by atoms with Crippen molar-refractivity contribution in [2.75, 3.05) is 20.1 Å². The number of likely N-dealkylation sites (tertiary alicyclic amines) is 1. The number of rotatable bonds is 3. The fourth-order valence-electron chi connectivity index (χ4n) is 2.70. The van der Waals surface area contributed by atoms with E-state index in [-0.39, 0.29) is 6.54 Å². The first-order valence-electron chi connectivity index (χ1n) is 7.08. The number of nitrogens with two attached hydrogens (primary N) is 1. The van der Waals surface area contributed by atoms with E-state index < -0.39 is 0 Å². The van der Waals surface area contributed by atoms with Crippen molar-refractivity contribution in [3.63, 3.8) is 0 Å². The lowest BCUT2D eigenvalue weighted by molar-refractivity contribution is 0.255. The minimum atomic E-state index is 0.278. The van der Waals surface area contributed by atoms with E-state index in [9.17, 15) is 0 Å². The molecule has 0 saturated carbocycles. The molecule has 1 saturated heterocycles. The maximum atomic E-state index is 5.47. The molecule has 1 fully saturated rings. The molecule has 0 aliphatic carbocycles. The third-order valence-electron chi connectivity index (χ3n) is 4.00. The molecule has 1 aromatic carbocycles. The first-order chi connectivity index (χ1) is 9.76. The van der Waals surface area contributed by atoms with Gasteiger partial charge in [0.05, 0.1) is 6.54 Å². The molecule has 2 N–H and O–H groups in total. The molecule has 1 aromatic heterocycles. The summed E-state index contributed by atoms with van der Waals surface area (Å²) in [5, 5.41) is 3.94. The molecule has 0 amide bonds. The molecular formula is C15H20N4O. The van der Waals surface area contributed by atoms with Crippen LogP contribution in [0.3, 0.4) is 0 Å². The highest BCUT2D eigenvalue weighted by molar-refractivity contribution is 5.54. The van der Waals surface area contributed by atoms with Gasteiger partial charge in [0.1, 0.15) is 0 Å². The standard InChI is InChI=1S/C15H20N4O/c1-19-8-6-12(7-9-19)11-2-4-13(5-3-11)15-17-14(10-16)20-18-15/h2-5,12H,6-10,16H2,1H3. The van der Waals surface area contributed by atoms with Crippen LogP contribution in [0.15, 0.2) is 28.8 Å². The Balaban J connectivity index is 1.74. The van der Waals surface area contributed by atoms with Crippen molar-refractivity contribution in [3.8, 4) is 11.4 Å². The Labute approximate surface area is 118 Å². The summed E-state index contributed by atoms with van der Waals surface area (Å²) >= 11 is 0. The first kappa shape index (κ1) is 13.3. The molecule has 3 rings (SSSR count). The Hall–Kier alpha value is -1.72. The SMILES string of the molecule is CN1CCC(c2ccc(-c3noc(CN)n3)cc2)CC1. The second-order valence-electron chi connectivity index (χ2n) is 5.42. The number of hydrogen-bond acceptors (Lipinski definition) is 5. The highest BCUT2D eigenvalue weighted by Crippen LogP contribution is 2.28. The van der Waals surface area contributed by atoms with Crippen LogP contribution >= 0.6 is 0 Å². The van der Waals surface area contributed by atoms with Gasteiger partial charge in [-0.1, -0.05) is 29.4 Å².